The van der Waals surface area contributed by atoms with E-state index in [1.807, 2.05) is 54.6 Å². The van der Waals surface area contributed by atoms with Crippen LogP contribution in [0.15, 0.2) is 91.1 Å². The van der Waals surface area contributed by atoms with E-state index in [1.165, 1.54) is 16.7 Å². The molecular weight excluding hydrogens is 596 g/mol. The first-order chi connectivity index (χ1) is 21.8. The minimum atomic E-state index is -1.66. The van der Waals surface area contributed by atoms with Crippen molar-refractivity contribution in [2.75, 3.05) is 11.6 Å². The predicted octanol–water partition coefficient (Wildman–Crippen LogP) is 3.29. The fourth-order valence-electron chi connectivity index (χ4n) is 5.18. The highest BCUT2D eigenvalue weighted by molar-refractivity contribution is 7.99. The van der Waals surface area contributed by atoms with Crippen LogP contribution < -0.4 is 10.6 Å². The number of hydrogen-bond donors (Lipinski definition) is 4. The van der Waals surface area contributed by atoms with Crippen LogP contribution in [0.25, 0.3) is 10.9 Å². The molecular formula is C33H32N4O7S. The van der Waals surface area contributed by atoms with Crippen LogP contribution >= 0.6 is 11.8 Å². The number of benzene rings is 3. The van der Waals surface area contributed by atoms with Crippen molar-refractivity contribution in [3.05, 3.63) is 108 Å². The summed E-state index contributed by atoms with van der Waals surface area (Å²) in [5.74, 6) is -3.58. The van der Waals surface area contributed by atoms with Crippen molar-refractivity contribution in [2.45, 2.75) is 37.6 Å². The lowest BCUT2D eigenvalue weighted by Gasteiger charge is -2.29. The van der Waals surface area contributed by atoms with Crippen LogP contribution in [0.3, 0.4) is 0 Å². The summed E-state index contributed by atoms with van der Waals surface area (Å²) in [6, 6.07) is 22.0. The lowest BCUT2D eigenvalue weighted by molar-refractivity contribution is -0.150. The SMILES string of the molecule is O=C(N[C@@H](Cc1c[nH]c2ccccc12)C(=O)N1CSC[C@H]1C(=O)N[C@@H](Cc1ccccc1)C(=O)C(=O)O)OCc1ccccc1. The van der Waals surface area contributed by atoms with Crippen LogP contribution in [0.4, 0.5) is 4.79 Å². The maximum atomic E-state index is 14.0. The van der Waals surface area contributed by atoms with Gasteiger partial charge >= 0.3 is 12.1 Å². The van der Waals surface area contributed by atoms with Crippen LogP contribution in [0.1, 0.15) is 16.7 Å². The summed E-state index contributed by atoms with van der Waals surface area (Å²) in [7, 11) is 0. The number of carbonyl (C=O) groups excluding carboxylic acids is 4. The number of rotatable bonds is 12. The molecule has 11 nitrogen and oxygen atoms in total. The highest BCUT2D eigenvalue weighted by atomic mass is 32.2. The van der Waals surface area contributed by atoms with Gasteiger partial charge in [0, 0.05) is 35.7 Å². The van der Waals surface area contributed by atoms with E-state index in [4.69, 9.17) is 4.74 Å². The number of thioether (sulfide) groups is 1. The highest BCUT2D eigenvalue weighted by Crippen LogP contribution is 2.25. The van der Waals surface area contributed by atoms with Crippen molar-refractivity contribution >= 4 is 52.3 Å². The Morgan fingerprint density at radius 2 is 1.53 bits per heavy atom. The fourth-order valence-corrected chi connectivity index (χ4v) is 6.34. The molecule has 0 bridgehead atoms. The molecule has 45 heavy (non-hydrogen) atoms. The smallest absolute Gasteiger partial charge is 0.408 e. The average Bonchev–Trinajstić information content (AvgIpc) is 3.71. The number of aromatic amines is 1. The molecule has 1 aliphatic rings. The van der Waals surface area contributed by atoms with Gasteiger partial charge in [-0.05, 0) is 22.8 Å². The monoisotopic (exact) mass is 628 g/mol. The van der Waals surface area contributed by atoms with Crippen molar-refractivity contribution in [1.82, 2.24) is 20.5 Å². The van der Waals surface area contributed by atoms with Crippen molar-refractivity contribution in [2.24, 2.45) is 0 Å². The number of nitrogens with zero attached hydrogens (tertiary/aromatic N) is 1. The quantitative estimate of drug-likeness (QED) is 0.174. The lowest BCUT2D eigenvalue weighted by Crippen LogP contribution is -2.57. The number of amides is 3. The molecule has 0 unspecified atom stereocenters. The Morgan fingerprint density at radius 1 is 0.867 bits per heavy atom. The van der Waals surface area contributed by atoms with Gasteiger partial charge in [-0.3, -0.25) is 14.4 Å². The predicted molar refractivity (Wildman–Crippen MR) is 168 cm³/mol. The summed E-state index contributed by atoms with van der Waals surface area (Å²) < 4.78 is 5.40. The lowest BCUT2D eigenvalue weighted by atomic mass is 10.0. The van der Waals surface area contributed by atoms with Crippen molar-refractivity contribution in [3.63, 3.8) is 0 Å². The highest BCUT2D eigenvalue weighted by Gasteiger charge is 2.40. The minimum Gasteiger partial charge on any atom is -0.475 e. The molecule has 5 rings (SSSR count). The Kier molecular flexibility index (Phi) is 10.2. The first-order valence-electron chi connectivity index (χ1n) is 14.3. The van der Waals surface area contributed by atoms with Crippen LogP contribution in [0.5, 0.6) is 0 Å². The molecule has 0 radical (unpaired) electrons. The van der Waals surface area contributed by atoms with Gasteiger partial charge in [0.15, 0.2) is 0 Å². The van der Waals surface area contributed by atoms with Crippen molar-refractivity contribution in [1.29, 1.82) is 0 Å². The molecule has 4 aromatic rings. The number of H-pyrrole nitrogens is 1. The van der Waals surface area contributed by atoms with E-state index in [-0.39, 0.29) is 31.1 Å². The molecule has 3 amide bonds. The Balaban J connectivity index is 1.33. The number of para-hydroxylation sites is 1. The molecule has 0 aliphatic carbocycles. The number of Topliss-reactive ketones (excluding diaryl/α,β-unsaturated/α-hetero) is 1. The minimum absolute atomic E-state index is 0.00563. The van der Waals surface area contributed by atoms with Gasteiger partial charge in [0.25, 0.3) is 5.78 Å². The molecule has 12 heteroatoms. The first kappa shape index (κ1) is 31.3. The standard InChI is InChI=1S/C33H32N4O7S/c38-29(32(41)42)26(15-21-9-3-1-4-10-21)35-30(39)28-19-45-20-37(28)31(40)27(16-23-17-34-25-14-8-7-13-24(23)25)36-33(43)44-18-22-11-5-2-6-12-22/h1-14,17,26-28,34H,15-16,18-20H2,(H,35,39)(H,36,43)(H,41,42)/t26-,27-,28-/m0/s1. The first-order valence-corrected chi connectivity index (χ1v) is 15.5. The molecule has 1 aliphatic heterocycles. The summed E-state index contributed by atoms with van der Waals surface area (Å²) in [4.78, 5) is 69.1. The van der Waals surface area contributed by atoms with Gasteiger partial charge in [0.05, 0.1) is 5.88 Å². The number of fused-ring (bicyclic) bond motifs is 1. The summed E-state index contributed by atoms with van der Waals surface area (Å²) >= 11 is 1.34. The maximum Gasteiger partial charge on any atom is 0.408 e. The second-order valence-corrected chi connectivity index (χ2v) is 11.6. The summed E-state index contributed by atoms with van der Waals surface area (Å²) in [6.07, 6.45) is 1.08. The van der Waals surface area contributed by atoms with E-state index in [0.29, 0.717) is 5.56 Å². The van der Waals surface area contributed by atoms with Gasteiger partial charge in [-0.1, -0.05) is 78.9 Å². The average molecular weight is 629 g/mol. The molecule has 232 valence electrons. The van der Waals surface area contributed by atoms with E-state index in [2.05, 4.69) is 15.6 Å². The van der Waals surface area contributed by atoms with E-state index in [9.17, 15) is 29.1 Å². The molecule has 0 spiro atoms. The van der Waals surface area contributed by atoms with Crippen LogP contribution in [-0.2, 0) is 43.4 Å². The molecule has 1 aromatic heterocycles. The second-order valence-electron chi connectivity index (χ2n) is 10.6. The van der Waals surface area contributed by atoms with Gasteiger partial charge in [0.1, 0.15) is 24.7 Å². The zero-order chi connectivity index (χ0) is 31.8. The molecule has 4 N–H and O–H groups in total. The number of carboxylic acids is 1. The van der Waals surface area contributed by atoms with Gasteiger partial charge in [-0.25, -0.2) is 9.59 Å². The van der Waals surface area contributed by atoms with Gasteiger partial charge in [0.2, 0.25) is 11.8 Å². The van der Waals surface area contributed by atoms with Crippen molar-refractivity contribution < 1.29 is 33.8 Å². The number of carbonyl (C=O) groups is 5. The van der Waals surface area contributed by atoms with E-state index in [1.54, 1.807) is 36.5 Å². The number of ether oxygens (including phenoxy) is 1. The largest absolute Gasteiger partial charge is 0.475 e. The zero-order valence-electron chi connectivity index (χ0n) is 24.2. The third kappa shape index (κ3) is 7.90. The van der Waals surface area contributed by atoms with E-state index < -0.39 is 47.8 Å². The van der Waals surface area contributed by atoms with Gasteiger partial charge in [-0.2, -0.15) is 0 Å². The number of aliphatic carboxylic acids is 1. The van der Waals surface area contributed by atoms with Crippen LogP contribution in [-0.4, -0.2) is 74.4 Å². The van der Waals surface area contributed by atoms with Gasteiger partial charge < -0.3 is 30.4 Å². The molecule has 3 atom stereocenters. The zero-order valence-corrected chi connectivity index (χ0v) is 25.0. The molecule has 3 aromatic carbocycles. The normalized spacial score (nSPS) is 15.6. The summed E-state index contributed by atoms with van der Waals surface area (Å²) in [5, 5.41) is 15.5. The summed E-state index contributed by atoms with van der Waals surface area (Å²) in [5.41, 5.74) is 3.10. The fraction of sp³-hybridized carbons (Fsp3) is 0.242. The van der Waals surface area contributed by atoms with Gasteiger partial charge in [-0.15, -0.1) is 11.8 Å². The third-order valence-electron chi connectivity index (χ3n) is 7.50. The topological polar surface area (TPSA) is 158 Å². The second kappa shape index (κ2) is 14.6. The number of alkyl carbamates (subject to hydrolysis) is 1. The third-order valence-corrected chi connectivity index (χ3v) is 8.51. The van der Waals surface area contributed by atoms with Crippen LogP contribution in [0, 0.1) is 0 Å². The number of hydrogen-bond acceptors (Lipinski definition) is 7. The summed E-state index contributed by atoms with van der Waals surface area (Å²) in [6.45, 7) is 0.00563. The Labute approximate surface area is 263 Å². The molecule has 2 heterocycles. The molecule has 0 saturated carbocycles. The van der Waals surface area contributed by atoms with E-state index in [0.717, 1.165) is 22.0 Å². The van der Waals surface area contributed by atoms with E-state index >= 15 is 0 Å². The maximum absolute atomic E-state index is 14.0. The van der Waals surface area contributed by atoms with Crippen molar-refractivity contribution in [3.8, 4) is 0 Å². The number of ketones is 1. The number of nitrogens with one attached hydrogen (secondary N) is 3. The Bertz CT molecular complexity index is 1680. The van der Waals surface area contributed by atoms with Crippen LogP contribution in [0.2, 0.25) is 0 Å². The number of aromatic nitrogens is 1. The Morgan fingerprint density at radius 3 is 2.24 bits per heavy atom. The Hall–Kier alpha value is -5.10. The molecule has 1 fully saturated rings. The number of carboxylic acid groups (broad SMARTS) is 1. The molecule has 1 saturated heterocycles.